The maximum atomic E-state index is 10.3. The molecule has 0 aromatic carbocycles. The van der Waals surface area contributed by atoms with Gasteiger partial charge in [0.1, 0.15) is 0 Å². The SMILES string of the molecule is CC1(C)CC[C@@H]2[C@]1(C)CC=C1C=C3CCC(O)C[C@]34CC[C@@]12O4. The van der Waals surface area contributed by atoms with Gasteiger partial charge in [-0.05, 0) is 72.8 Å². The molecule has 0 radical (unpaired) electrons. The Hall–Kier alpha value is -0.600. The molecule has 2 heterocycles. The Kier molecular flexibility index (Phi) is 2.65. The summed E-state index contributed by atoms with van der Waals surface area (Å²) in [6.07, 6.45) is 13.6. The minimum Gasteiger partial charge on any atom is -0.393 e. The van der Waals surface area contributed by atoms with Gasteiger partial charge in [-0.3, -0.25) is 0 Å². The first-order valence-electron chi connectivity index (χ1n) is 9.61. The second-order valence-electron chi connectivity index (χ2n) is 9.81. The average Bonchev–Trinajstić information content (AvgIpc) is 2.92. The number of ether oxygens (including phenoxy) is 1. The zero-order valence-corrected chi connectivity index (χ0v) is 14.8. The van der Waals surface area contributed by atoms with Crippen molar-refractivity contribution in [1.29, 1.82) is 0 Å². The van der Waals surface area contributed by atoms with Crippen LogP contribution in [0.1, 0.15) is 72.1 Å². The molecular weight excluding hydrogens is 284 g/mol. The molecule has 2 aliphatic heterocycles. The van der Waals surface area contributed by atoms with E-state index in [1.54, 1.807) is 0 Å². The number of fused-ring (bicyclic) bond motifs is 1. The fraction of sp³-hybridized carbons (Fsp3) is 0.810. The van der Waals surface area contributed by atoms with Gasteiger partial charge in [-0.1, -0.05) is 32.9 Å². The maximum absolute atomic E-state index is 10.3. The first kappa shape index (κ1) is 14.7. The Bertz CT molecular complexity index is 630. The van der Waals surface area contributed by atoms with Gasteiger partial charge in [-0.15, -0.1) is 0 Å². The fourth-order valence-electron chi connectivity index (χ4n) is 6.84. The number of aliphatic hydroxyl groups excluding tert-OH is 1. The third kappa shape index (κ3) is 1.58. The van der Waals surface area contributed by atoms with Crippen LogP contribution >= 0.6 is 0 Å². The van der Waals surface area contributed by atoms with Crippen LogP contribution in [0.15, 0.2) is 23.3 Å². The minimum atomic E-state index is -0.178. The highest BCUT2D eigenvalue weighted by atomic mass is 16.5. The molecule has 126 valence electrons. The highest BCUT2D eigenvalue weighted by Crippen LogP contribution is 2.70. The molecule has 5 rings (SSSR count). The summed E-state index contributed by atoms with van der Waals surface area (Å²) < 4.78 is 7.03. The van der Waals surface area contributed by atoms with Crippen LogP contribution in [-0.4, -0.2) is 22.4 Å². The molecule has 2 heteroatoms. The van der Waals surface area contributed by atoms with Gasteiger partial charge in [0.05, 0.1) is 17.3 Å². The molecule has 5 atom stereocenters. The van der Waals surface area contributed by atoms with Crippen molar-refractivity contribution in [2.45, 2.75) is 89.4 Å². The Morgan fingerprint density at radius 2 is 1.96 bits per heavy atom. The van der Waals surface area contributed by atoms with E-state index in [0.717, 1.165) is 32.1 Å². The second-order valence-corrected chi connectivity index (χ2v) is 9.81. The van der Waals surface area contributed by atoms with Crippen molar-refractivity contribution in [3.05, 3.63) is 23.3 Å². The molecule has 2 spiro atoms. The zero-order valence-electron chi connectivity index (χ0n) is 14.8. The first-order chi connectivity index (χ1) is 10.8. The van der Waals surface area contributed by atoms with Gasteiger partial charge < -0.3 is 9.84 Å². The molecule has 0 amide bonds. The van der Waals surface area contributed by atoms with E-state index in [4.69, 9.17) is 4.74 Å². The second kappa shape index (κ2) is 4.14. The third-order valence-corrected chi connectivity index (χ3v) is 8.68. The number of allylic oxidation sites excluding steroid dienone is 1. The number of hydrogen-bond donors (Lipinski definition) is 1. The topological polar surface area (TPSA) is 29.5 Å². The molecule has 5 aliphatic rings. The lowest BCUT2D eigenvalue weighted by Gasteiger charge is -2.55. The van der Waals surface area contributed by atoms with Crippen molar-refractivity contribution < 1.29 is 9.84 Å². The van der Waals surface area contributed by atoms with Crippen molar-refractivity contribution in [3.8, 4) is 0 Å². The lowest BCUT2D eigenvalue weighted by atomic mass is 9.55. The van der Waals surface area contributed by atoms with Crippen LogP contribution in [0.4, 0.5) is 0 Å². The Balaban J connectivity index is 1.65. The van der Waals surface area contributed by atoms with Gasteiger partial charge in [-0.2, -0.15) is 0 Å². The fourth-order valence-corrected chi connectivity index (χ4v) is 6.84. The summed E-state index contributed by atoms with van der Waals surface area (Å²) in [6, 6.07) is 0. The molecule has 2 bridgehead atoms. The van der Waals surface area contributed by atoms with E-state index in [9.17, 15) is 5.11 Å². The molecule has 0 aromatic heterocycles. The summed E-state index contributed by atoms with van der Waals surface area (Å²) in [7, 11) is 0. The van der Waals surface area contributed by atoms with Crippen LogP contribution in [0.3, 0.4) is 0 Å². The van der Waals surface area contributed by atoms with E-state index in [1.165, 1.54) is 30.4 Å². The van der Waals surface area contributed by atoms with E-state index >= 15 is 0 Å². The van der Waals surface area contributed by atoms with E-state index < -0.39 is 0 Å². The van der Waals surface area contributed by atoms with Crippen molar-refractivity contribution in [1.82, 2.24) is 0 Å². The van der Waals surface area contributed by atoms with Gasteiger partial charge in [0.15, 0.2) is 0 Å². The summed E-state index contributed by atoms with van der Waals surface area (Å²) in [4.78, 5) is 0. The molecule has 3 aliphatic carbocycles. The van der Waals surface area contributed by atoms with E-state index in [-0.39, 0.29) is 17.3 Å². The van der Waals surface area contributed by atoms with Crippen molar-refractivity contribution in [2.75, 3.05) is 0 Å². The standard InChI is InChI=1S/C21H30O2/c1-18(2)8-7-17-19(18,3)9-6-15-12-14-4-5-16(22)13-20(14)10-11-21(15,17)23-20/h6,12,16-17,22H,4-5,7-11,13H2,1-3H3/t16?,17-,19+,20-,21-/m1/s1. The van der Waals surface area contributed by atoms with Crippen LogP contribution in [0, 0.1) is 16.7 Å². The van der Waals surface area contributed by atoms with Gasteiger partial charge in [0.2, 0.25) is 0 Å². The summed E-state index contributed by atoms with van der Waals surface area (Å²) in [5.41, 5.74) is 3.51. The summed E-state index contributed by atoms with van der Waals surface area (Å²) in [6.45, 7) is 7.43. The van der Waals surface area contributed by atoms with Crippen LogP contribution in [0.5, 0.6) is 0 Å². The quantitative estimate of drug-likeness (QED) is 0.711. The molecule has 2 nitrogen and oxygen atoms in total. The van der Waals surface area contributed by atoms with Gasteiger partial charge >= 0.3 is 0 Å². The molecule has 1 saturated heterocycles. The average molecular weight is 314 g/mol. The molecule has 1 N–H and O–H groups in total. The number of aliphatic hydroxyl groups is 1. The highest BCUT2D eigenvalue weighted by Gasteiger charge is 2.67. The third-order valence-electron chi connectivity index (χ3n) is 8.68. The summed E-state index contributed by atoms with van der Waals surface area (Å²) >= 11 is 0. The molecule has 2 saturated carbocycles. The van der Waals surface area contributed by atoms with Gasteiger partial charge in [-0.25, -0.2) is 0 Å². The molecule has 23 heavy (non-hydrogen) atoms. The molecule has 3 fully saturated rings. The Labute approximate surface area is 140 Å². The predicted molar refractivity (Wildman–Crippen MR) is 91.0 cm³/mol. The van der Waals surface area contributed by atoms with E-state index in [0.29, 0.717) is 16.7 Å². The van der Waals surface area contributed by atoms with E-state index in [2.05, 4.69) is 32.9 Å². The number of rotatable bonds is 0. The van der Waals surface area contributed by atoms with Crippen LogP contribution in [-0.2, 0) is 4.74 Å². The Morgan fingerprint density at radius 3 is 2.78 bits per heavy atom. The van der Waals surface area contributed by atoms with E-state index in [1.807, 2.05) is 0 Å². The number of hydrogen-bond acceptors (Lipinski definition) is 2. The van der Waals surface area contributed by atoms with Crippen molar-refractivity contribution in [3.63, 3.8) is 0 Å². The largest absolute Gasteiger partial charge is 0.393 e. The smallest absolute Gasteiger partial charge is 0.0974 e. The molecule has 0 aromatic rings. The van der Waals surface area contributed by atoms with Crippen LogP contribution < -0.4 is 0 Å². The zero-order chi connectivity index (χ0) is 16.1. The molecule has 1 unspecified atom stereocenters. The lowest BCUT2D eigenvalue weighted by Crippen LogP contribution is -2.55. The van der Waals surface area contributed by atoms with Crippen LogP contribution in [0.2, 0.25) is 0 Å². The summed E-state index contributed by atoms with van der Waals surface area (Å²) in [5.74, 6) is 0.640. The normalized spacial score (nSPS) is 53.0. The maximum Gasteiger partial charge on any atom is 0.0974 e. The summed E-state index contributed by atoms with van der Waals surface area (Å²) in [5, 5.41) is 10.3. The molecular formula is C21H30O2. The monoisotopic (exact) mass is 314 g/mol. The van der Waals surface area contributed by atoms with Crippen molar-refractivity contribution in [2.24, 2.45) is 16.7 Å². The minimum absolute atomic E-state index is 0.0542. The van der Waals surface area contributed by atoms with Gasteiger partial charge in [0, 0.05) is 6.42 Å². The first-order valence-corrected chi connectivity index (χ1v) is 9.61. The highest BCUT2D eigenvalue weighted by molar-refractivity contribution is 5.47. The Morgan fingerprint density at radius 1 is 1.13 bits per heavy atom. The van der Waals surface area contributed by atoms with Crippen molar-refractivity contribution >= 4 is 0 Å². The lowest BCUT2D eigenvalue weighted by molar-refractivity contribution is -0.151. The van der Waals surface area contributed by atoms with Crippen LogP contribution in [0.25, 0.3) is 0 Å². The van der Waals surface area contributed by atoms with Gasteiger partial charge in [0.25, 0.3) is 0 Å². The predicted octanol–water partition coefficient (Wildman–Crippen LogP) is 4.53.